The summed E-state index contributed by atoms with van der Waals surface area (Å²) in [7, 11) is 0. The highest BCUT2D eigenvalue weighted by atomic mass is 16.5. The number of nitrogens with zero attached hydrogens (tertiary/aromatic N) is 3. The van der Waals surface area contributed by atoms with Crippen molar-refractivity contribution in [2.75, 3.05) is 37.7 Å². The van der Waals surface area contributed by atoms with Gasteiger partial charge in [0.2, 0.25) is 0 Å². The lowest BCUT2D eigenvalue weighted by Gasteiger charge is -2.36. The maximum atomic E-state index is 12.6. The molecule has 144 valence electrons. The Bertz CT molecular complexity index is 835. The SMILES string of the molecule is Cc1cc(N2CCN(C(=O)[C@H]3CCCO3)CC2)nc2c(C(C)C)cccc12. The Balaban J connectivity index is 1.53. The summed E-state index contributed by atoms with van der Waals surface area (Å²) < 4.78 is 5.56. The van der Waals surface area contributed by atoms with Gasteiger partial charge in [-0.25, -0.2) is 4.98 Å². The van der Waals surface area contributed by atoms with Crippen LogP contribution in [0.2, 0.25) is 0 Å². The second kappa shape index (κ2) is 7.47. The molecule has 2 aliphatic heterocycles. The van der Waals surface area contributed by atoms with E-state index in [0.29, 0.717) is 5.92 Å². The van der Waals surface area contributed by atoms with Crippen molar-refractivity contribution in [3.8, 4) is 0 Å². The summed E-state index contributed by atoms with van der Waals surface area (Å²) in [6, 6.07) is 8.65. The van der Waals surface area contributed by atoms with E-state index >= 15 is 0 Å². The van der Waals surface area contributed by atoms with Crippen molar-refractivity contribution in [1.82, 2.24) is 9.88 Å². The zero-order chi connectivity index (χ0) is 19.0. The smallest absolute Gasteiger partial charge is 0.251 e. The number of aromatic nitrogens is 1. The third-order valence-electron chi connectivity index (χ3n) is 5.81. The molecule has 1 atom stereocenters. The highest BCUT2D eigenvalue weighted by Crippen LogP contribution is 2.29. The molecule has 0 aliphatic carbocycles. The van der Waals surface area contributed by atoms with Crippen LogP contribution in [-0.4, -0.2) is 54.7 Å². The Morgan fingerprint density at radius 3 is 2.67 bits per heavy atom. The van der Waals surface area contributed by atoms with E-state index in [0.717, 1.165) is 57.0 Å². The van der Waals surface area contributed by atoms with Gasteiger partial charge in [-0.3, -0.25) is 4.79 Å². The Kier molecular flexibility index (Phi) is 5.04. The molecule has 5 nitrogen and oxygen atoms in total. The summed E-state index contributed by atoms with van der Waals surface area (Å²) >= 11 is 0. The summed E-state index contributed by atoms with van der Waals surface area (Å²) in [4.78, 5) is 21.9. The minimum atomic E-state index is -0.216. The first kappa shape index (κ1) is 18.2. The van der Waals surface area contributed by atoms with Gasteiger partial charge in [0.25, 0.3) is 5.91 Å². The molecule has 2 aromatic rings. The minimum Gasteiger partial charge on any atom is -0.368 e. The van der Waals surface area contributed by atoms with E-state index in [9.17, 15) is 4.79 Å². The number of hydrogen-bond acceptors (Lipinski definition) is 4. The Morgan fingerprint density at radius 1 is 1.22 bits per heavy atom. The minimum absolute atomic E-state index is 0.164. The zero-order valence-corrected chi connectivity index (χ0v) is 16.6. The number of ether oxygens (including phenoxy) is 1. The molecule has 4 rings (SSSR count). The van der Waals surface area contributed by atoms with Crippen LogP contribution in [0.15, 0.2) is 24.3 Å². The molecular formula is C22H29N3O2. The predicted octanol–water partition coefficient (Wildman–Crippen LogP) is 3.49. The van der Waals surface area contributed by atoms with Gasteiger partial charge in [-0.1, -0.05) is 32.0 Å². The van der Waals surface area contributed by atoms with E-state index < -0.39 is 0 Å². The van der Waals surface area contributed by atoms with Gasteiger partial charge < -0.3 is 14.5 Å². The number of amides is 1. The fourth-order valence-corrected chi connectivity index (χ4v) is 4.18. The molecular weight excluding hydrogens is 338 g/mol. The maximum absolute atomic E-state index is 12.6. The fraction of sp³-hybridized carbons (Fsp3) is 0.545. The summed E-state index contributed by atoms with van der Waals surface area (Å²) in [5, 5.41) is 1.23. The quantitative estimate of drug-likeness (QED) is 0.833. The standard InChI is InChI=1S/C22H29N3O2/c1-15(2)17-6-4-7-18-16(3)14-20(23-21(17)18)24-9-11-25(12-10-24)22(26)19-8-5-13-27-19/h4,6-7,14-15,19H,5,8-13H2,1-3H3/t19-/m1/s1. The molecule has 0 spiro atoms. The van der Waals surface area contributed by atoms with E-state index in [1.54, 1.807) is 0 Å². The normalized spacial score (nSPS) is 20.7. The number of hydrogen-bond donors (Lipinski definition) is 0. The van der Waals surface area contributed by atoms with Gasteiger partial charge in [0, 0.05) is 38.2 Å². The number of anilines is 1. The van der Waals surface area contributed by atoms with E-state index in [1.165, 1.54) is 16.5 Å². The molecule has 0 radical (unpaired) electrons. The van der Waals surface area contributed by atoms with Gasteiger partial charge in [0.05, 0.1) is 5.52 Å². The number of rotatable bonds is 3. The Labute approximate surface area is 161 Å². The third kappa shape index (κ3) is 3.53. The Hall–Kier alpha value is -2.14. The highest BCUT2D eigenvalue weighted by molar-refractivity contribution is 5.87. The lowest BCUT2D eigenvalue weighted by Crippen LogP contribution is -2.51. The van der Waals surface area contributed by atoms with Crippen LogP contribution in [0.25, 0.3) is 10.9 Å². The fourth-order valence-electron chi connectivity index (χ4n) is 4.18. The average molecular weight is 367 g/mol. The number of pyridine rings is 1. The zero-order valence-electron chi connectivity index (χ0n) is 16.6. The van der Waals surface area contributed by atoms with Crippen molar-refractivity contribution in [3.05, 3.63) is 35.4 Å². The van der Waals surface area contributed by atoms with Crippen LogP contribution in [0, 0.1) is 6.92 Å². The summed E-state index contributed by atoms with van der Waals surface area (Å²) in [6.45, 7) is 10.4. The van der Waals surface area contributed by atoms with Crippen molar-refractivity contribution in [1.29, 1.82) is 0 Å². The summed E-state index contributed by atoms with van der Waals surface area (Å²) in [5.74, 6) is 1.63. The van der Waals surface area contributed by atoms with Crippen LogP contribution in [-0.2, 0) is 9.53 Å². The van der Waals surface area contributed by atoms with Gasteiger partial charge in [-0.15, -0.1) is 0 Å². The first-order chi connectivity index (χ1) is 13.0. The topological polar surface area (TPSA) is 45.7 Å². The molecule has 0 bridgehead atoms. The van der Waals surface area contributed by atoms with Gasteiger partial charge in [-0.2, -0.15) is 0 Å². The molecule has 3 heterocycles. The van der Waals surface area contributed by atoms with Crippen molar-refractivity contribution >= 4 is 22.6 Å². The van der Waals surface area contributed by atoms with Crippen LogP contribution in [0.3, 0.4) is 0 Å². The molecule has 1 amide bonds. The van der Waals surface area contributed by atoms with E-state index in [2.05, 4.69) is 49.9 Å². The second-order valence-electron chi connectivity index (χ2n) is 8.01. The first-order valence-electron chi connectivity index (χ1n) is 10.1. The van der Waals surface area contributed by atoms with Crippen LogP contribution >= 0.6 is 0 Å². The van der Waals surface area contributed by atoms with Crippen molar-refractivity contribution in [2.45, 2.75) is 45.6 Å². The number of aryl methyl sites for hydroxylation is 1. The molecule has 1 aromatic carbocycles. The molecule has 0 saturated carbocycles. The lowest BCUT2D eigenvalue weighted by molar-refractivity contribution is -0.141. The van der Waals surface area contributed by atoms with E-state index in [1.807, 2.05) is 4.90 Å². The average Bonchev–Trinajstić information content (AvgIpc) is 3.22. The predicted molar refractivity (Wildman–Crippen MR) is 108 cm³/mol. The molecule has 2 aliphatic rings. The van der Waals surface area contributed by atoms with Gasteiger partial charge in [0.15, 0.2) is 0 Å². The number of benzene rings is 1. The van der Waals surface area contributed by atoms with Crippen molar-refractivity contribution in [3.63, 3.8) is 0 Å². The number of carbonyl (C=O) groups is 1. The maximum Gasteiger partial charge on any atom is 0.251 e. The van der Waals surface area contributed by atoms with E-state index in [-0.39, 0.29) is 12.0 Å². The van der Waals surface area contributed by atoms with Gasteiger partial charge in [0.1, 0.15) is 11.9 Å². The van der Waals surface area contributed by atoms with Crippen LogP contribution in [0.1, 0.15) is 43.7 Å². The van der Waals surface area contributed by atoms with Crippen LogP contribution in [0.5, 0.6) is 0 Å². The highest BCUT2D eigenvalue weighted by Gasteiger charge is 2.30. The number of carbonyl (C=O) groups excluding carboxylic acids is 1. The van der Waals surface area contributed by atoms with Crippen molar-refractivity contribution < 1.29 is 9.53 Å². The molecule has 27 heavy (non-hydrogen) atoms. The first-order valence-corrected chi connectivity index (χ1v) is 10.1. The number of para-hydroxylation sites is 1. The number of piperazine rings is 1. The molecule has 0 unspecified atom stereocenters. The molecule has 2 fully saturated rings. The lowest BCUT2D eigenvalue weighted by atomic mass is 9.98. The van der Waals surface area contributed by atoms with Gasteiger partial charge >= 0.3 is 0 Å². The summed E-state index contributed by atoms with van der Waals surface area (Å²) in [6.07, 6.45) is 1.64. The largest absolute Gasteiger partial charge is 0.368 e. The molecule has 5 heteroatoms. The Morgan fingerprint density at radius 2 is 2.00 bits per heavy atom. The molecule has 1 aromatic heterocycles. The van der Waals surface area contributed by atoms with Gasteiger partial charge in [-0.05, 0) is 42.9 Å². The monoisotopic (exact) mass is 367 g/mol. The third-order valence-corrected chi connectivity index (χ3v) is 5.81. The summed E-state index contributed by atoms with van der Waals surface area (Å²) in [5.41, 5.74) is 3.67. The van der Waals surface area contributed by atoms with Crippen molar-refractivity contribution in [2.24, 2.45) is 0 Å². The second-order valence-corrected chi connectivity index (χ2v) is 8.01. The van der Waals surface area contributed by atoms with E-state index in [4.69, 9.17) is 9.72 Å². The molecule has 2 saturated heterocycles. The van der Waals surface area contributed by atoms with Crippen LogP contribution in [0.4, 0.5) is 5.82 Å². The molecule has 0 N–H and O–H groups in total. The number of fused-ring (bicyclic) bond motifs is 1. The van der Waals surface area contributed by atoms with Crippen LogP contribution < -0.4 is 4.90 Å².